The maximum absolute atomic E-state index is 6.09. The van der Waals surface area contributed by atoms with E-state index in [4.69, 9.17) is 26.7 Å². The Morgan fingerprint density at radius 2 is 1.41 bits per heavy atom. The van der Waals surface area contributed by atoms with E-state index < -0.39 is 0 Å². The molecule has 3 heterocycles. The van der Waals surface area contributed by atoms with E-state index in [1.807, 2.05) is 66.9 Å². The van der Waals surface area contributed by atoms with Crippen LogP contribution in [-0.4, -0.2) is 21.8 Å². The van der Waals surface area contributed by atoms with Crippen LogP contribution in [0, 0.1) is 20.8 Å². The molecule has 1 aliphatic heterocycles. The van der Waals surface area contributed by atoms with Crippen LogP contribution in [0.4, 0.5) is 5.69 Å². The van der Waals surface area contributed by atoms with E-state index in [-0.39, 0.29) is 12.1 Å². The molecule has 5 aromatic rings. The number of benzene rings is 3. The van der Waals surface area contributed by atoms with Crippen LogP contribution in [0.15, 0.2) is 103 Å². The van der Waals surface area contributed by atoms with Crippen molar-refractivity contribution in [3.8, 4) is 22.9 Å². The Morgan fingerprint density at radius 1 is 0.780 bits per heavy atom. The summed E-state index contributed by atoms with van der Waals surface area (Å²) in [6, 6.07) is 32.3. The number of hydrogen-bond donors (Lipinski definition) is 1. The van der Waals surface area contributed by atoms with Crippen molar-refractivity contribution in [2.75, 3.05) is 12.0 Å². The van der Waals surface area contributed by atoms with Crippen LogP contribution >= 0.6 is 12.2 Å². The Morgan fingerprint density at radius 3 is 2.05 bits per heavy atom. The molecule has 0 bridgehead atoms. The lowest BCUT2D eigenvalue weighted by molar-refractivity contribution is 0.414. The largest absolute Gasteiger partial charge is 0.497 e. The fourth-order valence-corrected chi connectivity index (χ4v) is 5.93. The average molecular weight is 561 g/mol. The first-order chi connectivity index (χ1) is 19.9. The van der Waals surface area contributed by atoms with Crippen molar-refractivity contribution in [2.24, 2.45) is 0 Å². The third-order valence-corrected chi connectivity index (χ3v) is 7.90. The second kappa shape index (κ2) is 11.1. The van der Waals surface area contributed by atoms with Gasteiger partial charge < -0.3 is 24.3 Å². The number of anilines is 1. The summed E-state index contributed by atoms with van der Waals surface area (Å²) in [6.07, 6.45) is 1.83. The number of rotatable bonds is 7. The van der Waals surface area contributed by atoms with Crippen LogP contribution in [-0.2, 0) is 0 Å². The molecule has 206 valence electrons. The summed E-state index contributed by atoms with van der Waals surface area (Å²) < 4.78 is 13.8. The molecule has 0 amide bonds. The van der Waals surface area contributed by atoms with Gasteiger partial charge in [0.05, 0.1) is 24.9 Å². The number of nitrogens with one attached hydrogen (secondary N) is 1. The van der Waals surface area contributed by atoms with Crippen molar-refractivity contribution in [3.63, 3.8) is 0 Å². The Kier molecular flexibility index (Phi) is 7.20. The predicted octanol–water partition coefficient (Wildman–Crippen LogP) is 7.78. The monoisotopic (exact) mass is 560 g/mol. The zero-order valence-electron chi connectivity index (χ0n) is 23.5. The number of nitrogens with zero attached hydrogens (tertiary/aromatic N) is 3. The fourth-order valence-electron chi connectivity index (χ4n) is 5.58. The van der Waals surface area contributed by atoms with Gasteiger partial charge in [-0.1, -0.05) is 23.8 Å². The minimum absolute atomic E-state index is 0.112. The molecule has 1 aliphatic rings. The number of aryl methyl sites for hydroxylation is 2. The molecule has 0 saturated carbocycles. The van der Waals surface area contributed by atoms with Gasteiger partial charge in [0.25, 0.3) is 0 Å². The van der Waals surface area contributed by atoms with E-state index in [9.17, 15) is 0 Å². The molecule has 3 aromatic carbocycles. The first-order valence-corrected chi connectivity index (χ1v) is 14.0. The molecule has 0 spiro atoms. The van der Waals surface area contributed by atoms with Crippen LogP contribution in [0.5, 0.6) is 17.2 Å². The van der Waals surface area contributed by atoms with Gasteiger partial charge in [0, 0.05) is 29.0 Å². The van der Waals surface area contributed by atoms with Gasteiger partial charge in [-0.3, -0.25) is 4.98 Å². The summed E-state index contributed by atoms with van der Waals surface area (Å²) in [5, 5.41) is 4.24. The van der Waals surface area contributed by atoms with Gasteiger partial charge in [0.15, 0.2) is 5.11 Å². The van der Waals surface area contributed by atoms with Gasteiger partial charge in [-0.05, 0) is 117 Å². The Balaban J connectivity index is 1.39. The number of pyridine rings is 1. The number of thiocarbonyl (C=S) groups is 1. The molecule has 1 N–H and O–H groups in total. The minimum Gasteiger partial charge on any atom is -0.497 e. The van der Waals surface area contributed by atoms with E-state index in [1.54, 1.807) is 7.11 Å². The van der Waals surface area contributed by atoms with Crippen molar-refractivity contribution in [3.05, 3.63) is 131 Å². The second-order valence-corrected chi connectivity index (χ2v) is 10.7. The molecule has 0 radical (unpaired) electrons. The van der Waals surface area contributed by atoms with E-state index in [0.717, 1.165) is 45.7 Å². The number of methoxy groups -OCH3 is 1. The summed E-state index contributed by atoms with van der Waals surface area (Å²) in [6.45, 7) is 6.37. The molecule has 1 saturated heterocycles. The van der Waals surface area contributed by atoms with E-state index >= 15 is 0 Å². The van der Waals surface area contributed by atoms with E-state index in [0.29, 0.717) is 5.11 Å². The molecule has 2 aromatic heterocycles. The first kappa shape index (κ1) is 26.6. The third-order valence-electron chi connectivity index (χ3n) is 7.59. The zero-order valence-corrected chi connectivity index (χ0v) is 24.4. The highest BCUT2D eigenvalue weighted by molar-refractivity contribution is 7.80. The first-order valence-electron chi connectivity index (χ1n) is 13.6. The van der Waals surface area contributed by atoms with Gasteiger partial charge in [0.1, 0.15) is 17.2 Å². The quantitative estimate of drug-likeness (QED) is 0.205. The van der Waals surface area contributed by atoms with Crippen LogP contribution in [0.25, 0.3) is 5.69 Å². The molecular weight excluding hydrogens is 528 g/mol. The van der Waals surface area contributed by atoms with E-state index in [2.05, 4.69) is 72.0 Å². The highest BCUT2D eigenvalue weighted by atomic mass is 32.1. The van der Waals surface area contributed by atoms with Gasteiger partial charge in [-0.15, -0.1) is 0 Å². The molecule has 0 aliphatic carbocycles. The summed E-state index contributed by atoms with van der Waals surface area (Å²) in [7, 11) is 1.68. The lowest BCUT2D eigenvalue weighted by atomic mass is 9.96. The van der Waals surface area contributed by atoms with Crippen LogP contribution in [0.2, 0.25) is 0 Å². The number of ether oxygens (including phenoxy) is 2. The molecule has 6 nitrogen and oxygen atoms in total. The van der Waals surface area contributed by atoms with Gasteiger partial charge >= 0.3 is 0 Å². The van der Waals surface area contributed by atoms with Crippen molar-refractivity contribution >= 4 is 23.0 Å². The fraction of sp³-hybridized carbons (Fsp3) is 0.176. The average Bonchev–Trinajstić information content (AvgIpc) is 3.49. The molecular formula is C34H32N4O2S. The second-order valence-electron chi connectivity index (χ2n) is 10.3. The summed E-state index contributed by atoms with van der Waals surface area (Å²) in [5.74, 6) is 2.41. The topological polar surface area (TPSA) is 51.5 Å². The Bertz CT molecular complexity index is 1660. The molecule has 0 unspecified atom stereocenters. The lowest BCUT2D eigenvalue weighted by Crippen LogP contribution is -2.29. The standard InChI is InChI=1S/C34H32N4O2S/c1-22-8-14-28(15-9-22)40-29-18-12-26(13-19-29)38-33(32(36-34(38)41)31-7-5-6-20-35-31)30-21-23(2)37(24(30)3)25-10-16-27(39-4)17-11-25/h5-21,32-33H,1-4H3,(H,36,41)/t32-,33-/m1/s1. The van der Waals surface area contributed by atoms with Crippen molar-refractivity contribution in [1.82, 2.24) is 14.9 Å². The SMILES string of the molecule is COc1ccc(-n2c(C)cc([C@@H]3[C@@H](c4ccccn4)NC(=S)N3c3ccc(Oc4ccc(C)cc4)cc3)c2C)cc1. The van der Waals surface area contributed by atoms with E-state index in [1.165, 1.54) is 11.1 Å². The van der Waals surface area contributed by atoms with Crippen LogP contribution < -0.4 is 19.7 Å². The summed E-state index contributed by atoms with van der Waals surface area (Å²) in [5.41, 5.74) is 7.67. The van der Waals surface area contributed by atoms with Crippen molar-refractivity contribution in [1.29, 1.82) is 0 Å². The zero-order chi connectivity index (χ0) is 28.5. The molecule has 41 heavy (non-hydrogen) atoms. The lowest BCUT2D eigenvalue weighted by Gasteiger charge is -2.28. The van der Waals surface area contributed by atoms with Crippen molar-refractivity contribution in [2.45, 2.75) is 32.9 Å². The van der Waals surface area contributed by atoms with Crippen LogP contribution in [0.3, 0.4) is 0 Å². The van der Waals surface area contributed by atoms with Gasteiger partial charge in [-0.2, -0.15) is 0 Å². The smallest absolute Gasteiger partial charge is 0.174 e. The molecule has 2 atom stereocenters. The van der Waals surface area contributed by atoms with Crippen molar-refractivity contribution < 1.29 is 9.47 Å². The maximum Gasteiger partial charge on any atom is 0.174 e. The maximum atomic E-state index is 6.09. The number of hydrogen-bond acceptors (Lipinski definition) is 4. The highest BCUT2D eigenvalue weighted by Crippen LogP contribution is 2.44. The third kappa shape index (κ3) is 5.16. The molecule has 1 fully saturated rings. The molecule has 7 heteroatoms. The minimum atomic E-state index is -0.128. The predicted molar refractivity (Wildman–Crippen MR) is 167 cm³/mol. The number of aromatic nitrogens is 2. The van der Waals surface area contributed by atoms with Gasteiger partial charge in [-0.25, -0.2) is 0 Å². The summed E-state index contributed by atoms with van der Waals surface area (Å²) in [4.78, 5) is 6.91. The van der Waals surface area contributed by atoms with Crippen LogP contribution in [0.1, 0.15) is 40.3 Å². The summed E-state index contributed by atoms with van der Waals surface area (Å²) >= 11 is 5.97. The highest BCUT2D eigenvalue weighted by Gasteiger charge is 2.42. The molecule has 6 rings (SSSR count). The normalized spacial score (nSPS) is 16.5. The Labute approximate surface area is 246 Å². The van der Waals surface area contributed by atoms with Gasteiger partial charge in [0.2, 0.25) is 0 Å². The Hall–Kier alpha value is -4.62.